The first-order chi connectivity index (χ1) is 13.0. The minimum Gasteiger partial charge on any atom is -0.497 e. The Hall–Kier alpha value is -3.28. The standard InChI is InChI=1S/C21H22N2O4/c1-13-4-5-15-11-19(22-17(15)10-13)21(25)23-18(12-20(24)27-3)14-6-8-16(26-2)9-7-14/h4-11,18,22H,12H2,1-3H3,(H,23,25). The topological polar surface area (TPSA) is 80.4 Å². The van der Waals surface area contributed by atoms with E-state index in [2.05, 4.69) is 10.3 Å². The molecule has 0 aliphatic rings. The van der Waals surface area contributed by atoms with Crippen LogP contribution in [0.5, 0.6) is 5.75 Å². The van der Waals surface area contributed by atoms with Crippen molar-refractivity contribution in [2.24, 2.45) is 0 Å². The highest BCUT2D eigenvalue weighted by Crippen LogP contribution is 2.22. The van der Waals surface area contributed by atoms with E-state index in [1.165, 1.54) is 7.11 Å². The summed E-state index contributed by atoms with van der Waals surface area (Å²) >= 11 is 0. The zero-order valence-corrected chi connectivity index (χ0v) is 15.5. The largest absolute Gasteiger partial charge is 0.497 e. The number of amides is 1. The summed E-state index contributed by atoms with van der Waals surface area (Å²) in [6.45, 7) is 2.00. The molecule has 140 valence electrons. The van der Waals surface area contributed by atoms with Gasteiger partial charge in [-0.2, -0.15) is 0 Å². The van der Waals surface area contributed by atoms with Gasteiger partial charge < -0.3 is 19.8 Å². The second kappa shape index (κ2) is 7.95. The van der Waals surface area contributed by atoms with E-state index in [1.54, 1.807) is 25.3 Å². The molecule has 0 fully saturated rings. The van der Waals surface area contributed by atoms with Gasteiger partial charge in [0, 0.05) is 10.9 Å². The summed E-state index contributed by atoms with van der Waals surface area (Å²) in [5, 5.41) is 3.87. The molecular weight excluding hydrogens is 344 g/mol. The second-order valence-corrected chi connectivity index (χ2v) is 6.35. The number of rotatable bonds is 6. The molecular formula is C21H22N2O4. The first-order valence-electron chi connectivity index (χ1n) is 8.61. The van der Waals surface area contributed by atoms with Gasteiger partial charge >= 0.3 is 5.97 Å². The molecule has 2 aromatic carbocycles. The number of esters is 1. The molecule has 1 atom stereocenters. The van der Waals surface area contributed by atoms with Gasteiger partial charge in [-0.15, -0.1) is 0 Å². The lowest BCUT2D eigenvalue weighted by Gasteiger charge is -2.18. The Balaban J connectivity index is 1.84. The predicted octanol–water partition coefficient (Wildman–Crippen LogP) is 3.52. The van der Waals surface area contributed by atoms with Gasteiger partial charge in [0.25, 0.3) is 5.91 Å². The average Bonchev–Trinajstić information content (AvgIpc) is 3.10. The Morgan fingerprint density at radius 2 is 1.81 bits per heavy atom. The minimum absolute atomic E-state index is 0.0356. The van der Waals surface area contributed by atoms with Crippen molar-refractivity contribution >= 4 is 22.8 Å². The fourth-order valence-electron chi connectivity index (χ4n) is 2.94. The molecule has 0 saturated heterocycles. The SMILES string of the molecule is COC(=O)CC(NC(=O)c1cc2ccc(C)cc2[nH]1)c1ccc(OC)cc1. The fraction of sp³-hybridized carbons (Fsp3) is 0.238. The van der Waals surface area contributed by atoms with Crippen LogP contribution in [0, 0.1) is 6.92 Å². The van der Waals surface area contributed by atoms with E-state index < -0.39 is 12.0 Å². The molecule has 0 aliphatic heterocycles. The molecule has 0 saturated carbocycles. The van der Waals surface area contributed by atoms with Crippen LogP contribution in [0.15, 0.2) is 48.5 Å². The van der Waals surface area contributed by atoms with Crippen LogP contribution in [-0.2, 0) is 9.53 Å². The van der Waals surface area contributed by atoms with Gasteiger partial charge in [0.15, 0.2) is 0 Å². The first-order valence-corrected chi connectivity index (χ1v) is 8.61. The Kier molecular flexibility index (Phi) is 5.45. The van der Waals surface area contributed by atoms with Gasteiger partial charge in [-0.05, 0) is 42.3 Å². The molecule has 6 heteroatoms. The molecule has 0 radical (unpaired) electrons. The highest BCUT2D eigenvalue weighted by atomic mass is 16.5. The summed E-state index contributed by atoms with van der Waals surface area (Å²) in [4.78, 5) is 27.7. The number of fused-ring (bicyclic) bond motifs is 1. The Morgan fingerprint density at radius 3 is 2.48 bits per heavy atom. The van der Waals surface area contributed by atoms with Crippen molar-refractivity contribution in [3.63, 3.8) is 0 Å². The van der Waals surface area contributed by atoms with Crippen LogP contribution in [0.25, 0.3) is 10.9 Å². The Labute approximate surface area is 157 Å². The van der Waals surface area contributed by atoms with Crippen LogP contribution in [0.4, 0.5) is 0 Å². The van der Waals surface area contributed by atoms with Gasteiger partial charge in [-0.25, -0.2) is 0 Å². The summed E-state index contributed by atoms with van der Waals surface area (Å²) in [5.74, 6) is 0.0184. The molecule has 3 rings (SSSR count). The van der Waals surface area contributed by atoms with Crippen molar-refractivity contribution in [2.45, 2.75) is 19.4 Å². The summed E-state index contributed by atoms with van der Waals surface area (Å²) in [6.07, 6.45) is 0.0356. The number of ether oxygens (including phenoxy) is 2. The van der Waals surface area contributed by atoms with Gasteiger partial charge in [0.05, 0.1) is 26.7 Å². The predicted molar refractivity (Wildman–Crippen MR) is 103 cm³/mol. The monoisotopic (exact) mass is 366 g/mol. The molecule has 27 heavy (non-hydrogen) atoms. The second-order valence-electron chi connectivity index (χ2n) is 6.35. The number of hydrogen-bond donors (Lipinski definition) is 2. The molecule has 1 unspecified atom stereocenters. The Morgan fingerprint density at radius 1 is 1.07 bits per heavy atom. The van der Waals surface area contributed by atoms with E-state index in [9.17, 15) is 9.59 Å². The van der Waals surface area contributed by atoms with Crippen LogP contribution >= 0.6 is 0 Å². The van der Waals surface area contributed by atoms with Gasteiger partial charge in [0.1, 0.15) is 11.4 Å². The van der Waals surface area contributed by atoms with E-state index >= 15 is 0 Å². The number of methoxy groups -OCH3 is 2. The van der Waals surface area contributed by atoms with E-state index in [0.717, 1.165) is 22.0 Å². The van der Waals surface area contributed by atoms with Crippen molar-refractivity contribution in [1.82, 2.24) is 10.3 Å². The highest BCUT2D eigenvalue weighted by Gasteiger charge is 2.21. The lowest BCUT2D eigenvalue weighted by Crippen LogP contribution is -2.30. The maximum atomic E-state index is 12.8. The van der Waals surface area contributed by atoms with Crippen LogP contribution < -0.4 is 10.1 Å². The van der Waals surface area contributed by atoms with Crippen molar-refractivity contribution in [3.05, 3.63) is 65.4 Å². The van der Waals surface area contributed by atoms with Crippen molar-refractivity contribution < 1.29 is 19.1 Å². The average molecular weight is 366 g/mol. The number of H-pyrrole nitrogens is 1. The number of aromatic nitrogens is 1. The summed E-state index contributed by atoms with van der Waals surface area (Å²) < 4.78 is 9.93. The Bertz CT molecular complexity index is 960. The third-order valence-corrected chi connectivity index (χ3v) is 4.44. The van der Waals surface area contributed by atoms with E-state index in [1.807, 2.05) is 37.3 Å². The molecule has 0 bridgehead atoms. The van der Waals surface area contributed by atoms with E-state index in [0.29, 0.717) is 11.4 Å². The van der Waals surface area contributed by atoms with Gasteiger partial charge in [-0.1, -0.05) is 24.3 Å². The van der Waals surface area contributed by atoms with Crippen LogP contribution in [0.1, 0.15) is 34.1 Å². The van der Waals surface area contributed by atoms with Crippen molar-refractivity contribution in [1.29, 1.82) is 0 Å². The number of aromatic amines is 1. The summed E-state index contributed by atoms with van der Waals surface area (Å²) in [6, 6.07) is 14.5. The van der Waals surface area contributed by atoms with E-state index in [-0.39, 0.29) is 12.3 Å². The number of nitrogens with one attached hydrogen (secondary N) is 2. The molecule has 1 aromatic heterocycles. The third kappa shape index (κ3) is 4.28. The minimum atomic E-state index is -0.510. The lowest BCUT2D eigenvalue weighted by atomic mass is 10.0. The normalized spacial score (nSPS) is 11.8. The zero-order chi connectivity index (χ0) is 19.4. The number of benzene rings is 2. The molecule has 6 nitrogen and oxygen atoms in total. The third-order valence-electron chi connectivity index (χ3n) is 4.44. The maximum Gasteiger partial charge on any atom is 0.307 e. The number of carbonyl (C=O) groups is 2. The first kappa shape index (κ1) is 18.5. The molecule has 2 N–H and O–H groups in total. The number of hydrogen-bond acceptors (Lipinski definition) is 4. The fourth-order valence-corrected chi connectivity index (χ4v) is 2.94. The van der Waals surface area contributed by atoms with Gasteiger partial charge in [-0.3, -0.25) is 9.59 Å². The summed E-state index contributed by atoms with van der Waals surface area (Å²) in [5.41, 5.74) is 3.24. The number of aryl methyl sites for hydroxylation is 1. The summed E-state index contributed by atoms with van der Waals surface area (Å²) in [7, 11) is 2.91. The number of carbonyl (C=O) groups excluding carboxylic acids is 2. The van der Waals surface area contributed by atoms with Crippen LogP contribution in [0.3, 0.4) is 0 Å². The maximum absolute atomic E-state index is 12.8. The van der Waals surface area contributed by atoms with Crippen molar-refractivity contribution in [2.75, 3.05) is 14.2 Å². The van der Waals surface area contributed by atoms with Crippen LogP contribution in [-0.4, -0.2) is 31.1 Å². The molecule has 1 heterocycles. The lowest BCUT2D eigenvalue weighted by molar-refractivity contribution is -0.141. The quantitative estimate of drug-likeness (QED) is 0.654. The molecule has 1 amide bonds. The molecule has 3 aromatic rings. The van der Waals surface area contributed by atoms with Crippen LogP contribution in [0.2, 0.25) is 0 Å². The van der Waals surface area contributed by atoms with Gasteiger partial charge in [0.2, 0.25) is 0 Å². The smallest absolute Gasteiger partial charge is 0.307 e. The molecule has 0 spiro atoms. The highest BCUT2D eigenvalue weighted by molar-refractivity contribution is 5.98. The van der Waals surface area contributed by atoms with E-state index in [4.69, 9.17) is 9.47 Å². The zero-order valence-electron chi connectivity index (χ0n) is 15.5. The van der Waals surface area contributed by atoms with Crippen molar-refractivity contribution in [3.8, 4) is 5.75 Å². The molecule has 0 aliphatic carbocycles.